The van der Waals surface area contributed by atoms with Crippen LogP contribution in [0.3, 0.4) is 0 Å². The van der Waals surface area contributed by atoms with Crippen LogP contribution in [0.5, 0.6) is 17.2 Å². The molecule has 9 N–H and O–H groups in total. The summed E-state index contributed by atoms with van der Waals surface area (Å²) in [5, 5.41) is 56.9. The van der Waals surface area contributed by atoms with E-state index in [0.29, 0.717) is 92.8 Å². The van der Waals surface area contributed by atoms with E-state index in [1.807, 2.05) is 36.4 Å². The van der Waals surface area contributed by atoms with Crippen LogP contribution in [-0.4, -0.2) is 51.6 Å². The highest BCUT2D eigenvalue weighted by Gasteiger charge is 2.28. The second-order valence-corrected chi connectivity index (χ2v) is 15.6. The molecule has 1 aliphatic heterocycles. The van der Waals surface area contributed by atoms with Gasteiger partial charge in [0.15, 0.2) is 0 Å². The minimum Gasteiger partial charge on any atom is -0.507 e. The lowest BCUT2D eigenvalue weighted by atomic mass is 9.89. The molecule has 4 aliphatic rings. The normalized spacial score (nSPS) is 28.7. The van der Waals surface area contributed by atoms with Crippen molar-refractivity contribution in [2.24, 2.45) is 0 Å². The van der Waals surface area contributed by atoms with Gasteiger partial charge in [0.05, 0.1) is 0 Å². The van der Waals surface area contributed by atoms with Gasteiger partial charge in [0.1, 0.15) is 17.2 Å². The average Bonchev–Trinajstić information content (AvgIpc) is 3.16. The van der Waals surface area contributed by atoms with E-state index in [4.69, 9.17) is 0 Å². The Morgan fingerprint density at radius 3 is 0.667 bits per heavy atom. The zero-order chi connectivity index (χ0) is 35.0. The van der Waals surface area contributed by atoms with Gasteiger partial charge < -0.3 is 47.2 Å². The van der Waals surface area contributed by atoms with E-state index in [1.54, 1.807) is 0 Å². The molecule has 0 amide bonds. The third kappa shape index (κ3) is 9.07. The molecule has 6 unspecified atom stereocenters. The van der Waals surface area contributed by atoms with Crippen LogP contribution < -0.4 is 31.9 Å². The van der Waals surface area contributed by atoms with Crippen molar-refractivity contribution in [2.75, 3.05) is 0 Å². The summed E-state index contributed by atoms with van der Waals surface area (Å²) < 4.78 is 0. The van der Waals surface area contributed by atoms with Crippen molar-refractivity contribution in [3.8, 4) is 17.2 Å². The molecule has 1 heterocycles. The number of phenolic OH excluding ortho intramolecular Hbond substituents is 3. The molecule has 3 aromatic rings. The highest BCUT2D eigenvalue weighted by atomic mass is 16.3. The molecule has 6 bridgehead atoms. The van der Waals surface area contributed by atoms with Crippen LogP contribution in [0.4, 0.5) is 0 Å². The van der Waals surface area contributed by atoms with Gasteiger partial charge in [0, 0.05) is 109 Å². The van der Waals surface area contributed by atoms with Crippen LogP contribution in [0.2, 0.25) is 0 Å². The van der Waals surface area contributed by atoms with Gasteiger partial charge in [-0.15, -0.1) is 0 Å². The predicted molar refractivity (Wildman–Crippen MR) is 203 cm³/mol. The van der Waals surface area contributed by atoms with Gasteiger partial charge in [-0.1, -0.05) is 93.1 Å². The zero-order valence-electron chi connectivity index (χ0n) is 30.2. The van der Waals surface area contributed by atoms with Crippen molar-refractivity contribution in [3.05, 3.63) is 88.0 Å². The van der Waals surface area contributed by atoms with Crippen molar-refractivity contribution in [1.29, 1.82) is 0 Å². The molecule has 3 aliphatic carbocycles. The molecule has 0 radical (unpaired) electrons. The maximum Gasteiger partial charge on any atom is 0.124 e. The highest BCUT2D eigenvalue weighted by Crippen LogP contribution is 2.29. The summed E-state index contributed by atoms with van der Waals surface area (Å²) in [5.74, 6) is 1.13. The predicted octanol–water partition coefficient (Wildman–Crippen LogP) is 5.69. The molecule has 3 fully saturated rings. The Morgan fingerprint density at radius 2 is 0.490 bits per heavy atom. The number of para-hydroxylation sites is 3. The molecular weight excluding hydrogens is 637 g/mol. The minimum atomic E-state index is 0.291. The SMILES string of the molecule is Oc1c2cccc1CNC1CCCCC1NCc1cccc(c1O)CNC1CCCCC1NCc1cccc(c1O)CNC1CCCCC1NC2. The fourth-order valence-electron chi connectivity index (χ4n) is 9.09. The lowest BCUT2D eigenvalue weighted by molar-refractivity contribution is 0.277. The van der Waals surface area contributed by atoms with E-state index in [1.165, 1.54) is 38.5 Å². The van der Waals surface area contributed by atoms with E-state index < -0.39 is 0 Å². The molecule has 0 spiro atoms. The Labute approximate surface area is 304 Å². The molecule has 9 heteroatoms. The summed E-state index contributed by atoms with van der Waals surface area (Å²) in [5.41, 5.74) is 5.57. The second kappa shape index (κ2) is 17.6. The van der Waals surface area contributed by atoms with Gasteiger partial charge in [-0.25, -0.2) is 0 Å². The molecule has 6 atom stereocenters. The maximum absolute atomic E-state index is 11.4. The summed E-state index contributed by atoms with van der Waals surface area (Å²) in [6.45, 7) is 3.68. The van der Waals surface area contributed by atoms with Crippen molar-refractivity contribution in [2.45, 2.75) is 153 Å². The zero-order valence-corrected chi connectivity index (χ0v) is 30.2. The molecule has 0 saturated heterocycles. The van der Waals surface area contributed by atoms with E-state index in [9.17, 15) is 15.3 Å². The molecule has 276 valence electrons. The van der Waals surface area contributed by atoms with Gasteiger partial charge in [0.2, 0.25) is 0 Å². The Kier molecular flexibility index (Phi) is 12.5. The van der Waals surface area contributed by atoms with Gasteiger partial charge in [-0.3, -0.25) is 0 Å². The molecule has 3 saturated carbocycles. The van der Waals surface area contributed by atoms with Crippen molar-refractivity contribution < 1.29 is 15.3 Å². The summed E-state index contributed by atoms with van der Waals surface area (Å²) in [6, 6.07) is 20.1. The maximum atomic E-state index is 11.4. The topological polar surface area (TPSA) is 133 Å². The number of rotatable bonds is 0. The Bertz CT molecular complexity index is 1300. The fraction of sp³-hybridized carbons (Fsp3) is 0.571. The Hall–Kier alpha value is -3.18. The van der Waals surface area contributed by atoms with Crippen LogP contribution in [0.1, 0.15) is 110 Å². The largest absolute Gasteiger partial charge is 0.507 e. The Morgan fingerprint density at radius 1 is 0.314 bits per heavy atom. The standard InChI is InChI=1S/C42H60N6O3/c49-40-28-10-7-12-30(40)24-45-36-18-3-4-19-37(36)47-26-32-14-9-15-33(42(32)51)27-48-39-21-6-5-20-38(39)46-25-31-13-8-11-29(41(31)50)23-44-35-17-2-1-16-34(35)43-22-28/h7-15,34-39,43-51H,1-6,16-27H2. The van der Waals surface area contributed by atoms with E-state index in [2.05, 4.69) is 50.1 Å². The molecular formula is C42H60N6O3. The van der Waals surface area contributed by atoms with Crippen LogP contribution in [0, 0.1) is 0 Å². The second-order valence-electron chi connectivity index (χ2n) is 15.6. The van der Waals surface area contributed by atoms with Gasteiger partial charge >= 0.3 is 0 Å². The number of aromatic hydroxyl groups is 3. The van der Waals surface area contributed by atoms with Gasteiger partial charge in [0.25, 0.3) is 0 Å². The summed E-state index contributed by atoms with van der Waals surface area (Å²) in [4.78, 5) is 0. The number of fused-ring (bicyclic) bond motifs is 9. The molecule has 7 rings (SSSR count). The average molecular weight is 697 g/mol. The van der Waals surface area contributed by atoms with Crippen molar-refractivity contribution in [1.82, 2.24) is 31.9 Å². The van der Waals surface area contributed by atoms with Gasteiger partial charge in [-0.2, -0.15) is 0 Å². The molecule has 3 aromatic carbocycles. The first-order valence-electron chi connectivity index (χ1n) is 19.8. The van der Waals surface area contributed by atoms with E-state index in [0.717, 1.165) is 71.9 Å². The smallest absolute Gasteiger partial charge is 0.124 e. The van der Waals surface area contributed by atoms with Crippen LogP contribution in [-0.2, 0) is 39.3 Å². The van der Waals surface area contributed by atoms with E-state index in [-0.39, 0.29) is 0 Å². The quantitative estimate of drug-likeness (QED) is 0.146. The third-order valence-corrected chi connectivity index (χ3v) is 12.2. The lowest BCUT2D eigenvalue weighted by Crippen LogP contribution is -2.49. The summed E-state index contributed by atoms with van der Waals surface area (Å²) in [7, 11) is 0. The summed E-state index contributed by atoms with van der Waals surface area (Å²) >= 11 is 0. The third-order valence-electron chi connectivity index (χ3n) is 12.2. The number of hydrogen-bond donors (Lipinski definition) is 9. The molecule has 51 heavy (non-hydrogen) atoms. The first-order chi connectivity index (χ1) is 25.0. The van der Waals surface area contributed by atoms with E-state index >= 15 is 0 Å². The highest BCUT2D eigenvalue weighted by molar-refractivity contribution is 5.42. The van der Waals surface area contributed by atoms with Crippen LogP contribution in [0.25, 0.3) is 0 Å². The minimum absolute atomic E-state index is 0.291. The number of phenols is 3. The fourth-order valence-corrected chi connectivity index (χ4v) is 9.09. The number of benzene rings is 3. The number of nitrogens with one attached hydrogen (secondary N) is 6. The first kappa shape index (κ1) is 36.2. The molecule has 0 aromatic heterocycles. The van der Waals surface area contributed by atoms with Gasteiger partial charge in [-0.05, 0) is 38.5 Å². The lowest BCUT2D eigenvalue weighted by Gasteiger charge is -2.34. The van der Waals surface area contributed by atoms with Crippen LogP contribution in [0.15, 0.2) is 54.6 Å². The van der Waals surface area contributed by atoms with Crippen molar-refractivity contribution in [3.63, 3.8) is 0 Å². The first-order valence-corrected chi connectivity index (χ1v) is 19.8. The monoisotopic (exact) mass is 696 g/mol. The molecule has 9 nitrogen and oxygen atoms in total. The Balaban J connectivity index is 1.12. The number of hydrogen-bond acceptors (Lipinski definition) is 9. The summed E-state index contributed by atoms with van der Waals surface area (Å²) in [6.07, 6.45) is 13.7. The van der Waals surface area contributed by atoms with Crippen LogP contribution >= 0.6 is 0 Å². The van der Waals surface area contributed by atoms with Crippen molar-refractivity contribution >= 4 is 0 Å².